The van der Waals surface area contributed by atoms with Gasteiger partial charge in [0.25, 0.3) is 15.6 Å². The van der Waals surface area contributed by atoms with Gasteiger partial charge in [-0.2, -0.15) is 0 Å². The number of ether oxygens (including phenoxy) is 1. The number of benzene rings is 2. The van der Waals surface area contributed by atoms with E-state index in [1.165, 1.54) is 19.1 Å². The summed E-state index contributed by atoms with van der Waals surface area (Å²) in [6, 6.07) is 12.9. The van der Waals surface area contributed by atoms with Crippen LogP contribution in [0.5, 0.6) is 11.5 Å². The highest BCUT2D eigenvalue weighted by Crippen LogP contribution is 2.25. The molecule has 0 fully saturated rings. The van der Waals surface area contributed by atoms with E-state index in [0.717, 1.165) is 0 Å². The molecule has 0 unspecified atom stereocenters. The predicted octanol–water partition coefficient (Wildman–Crippen LogP) is 2.62. The molecule has 0 saturated carbocycles. The van der Waals surface area contributed by atoms with Crippen molar-refractivity contribution >= 4 is 27.3 Å². The molecule has 0 aliphatic heterocycles. The van der Waals surface area contributed by atoms with Crippen molar-refractivity contribution in [3.8, 4) is 11.5 Å². The lowest BCUT2D eigenvalue weighted by molar-refractivity contribution is 0.483. The molecule has 0 amide bonds. The summed E-state index contributed by atoms with van der Waals surface area (Å²) in [4.78, 5) is 26.7. The largest absolute Gasteiger partial charge is 0.457 e. The molecule has 0 aliphatic rings. The van der Waals surface area contributed by atoms with Crippen LogP contribution in [0.3, 0.4) is 0 Å². The van der Waals surface area contributed by atoms with Gasteiger partial charge in [0.05, 0.1) is 0 Å². The van der Waals surface area contributed by atoms with Crippen LogP contribution in [0.2, 0.25) is 5.02 Å². The Bertz CT molecular complexity index is 1180. The van der Waals surface area contributed by atoms with Gasteiger partial charge in [-0.15, -0.1) is 0 Å². The average Bonchev–Trinajstić information content (AvgIpc) is 2.57. The van der Waals surface area contributed by atoms with Crippen LogP contribution in [-0.2, 0) is 10.0 Å². The number of nitrogens with one attached hydrogen (secondary N) is 3. The Morgan fingerprint density at radius 1 is 0.926 bits per heavy atom. The van der Waals surface area contributed by atoms with E-state index in [-0.39, 0.29) is 11.4 Å². The molecule has 27 heavy (non-hydrogen) atoms. The van der Waals surface area contributed by atoms with Gasteiger partial charge in [-0.25, -0.2) is 13.2 Å². The van der Waals surface area contributed by atoms with Crippen molar-refractivity contribution in [1.82, 2.24) is 9.97 Å². The van der Waals surface area contributed by atoms with Crippen molar-refractivity contribution in [2.75, 3.05) is 4.72 Å². The van der Waals surface area contributed by atoms with Crippen LogP contribution < -0.4 is 20.7 Å². The molecule has 3 rings (SSSR count). The Morgan fingerprint density at radius 2 is 1.48 bits per heavy atom. The lowest BCUT2D eigenvalue weighted by atomic mass is 10.3. The third kappa shape index (κ3) is 4.39. The normalized spacial score (nSPS) is 11.2. The van der Waals surface area contributed by atoms with E-state index in [2.05, 4.69) is 9.71 Å². The lowest BCUT2D eigenvalue weighted by Gasteiger charge is -2.10. The van der Waals surface area contributed by atoms with E-state index in [1.54, 1.807) is 36.4 Å². The number of aromatic amines is 2. The van der Waals surface area contributed by atoms with Crippen molar-refractivity contribution < 1.29 is 13.2 Å². The third-order valence-corrected chi connectivity index (χ3v) is 5.28. The second kappa shape index (κ2) is 7.29. The summed E-state index contributed by atoms with van der Waals surface area (Å²) in [6.07, 6.45) is 0. The lowest BCUT2D eigenvalue weighted by Crippen LogP contribution is -2.31. The van der Waals surface area contributed by atoms with Crippen molar-refractivity contribution in [2.45, 2.75) is 11.8 Å². The second-order valence-corrected chi connectivity index (χ2v) is 7.60. The summed E-state index contributed by atoms with van der Waals surface area (Å²) in [5.74, 6) is 1.06. The average molecular weight is 408 g/mol. The Hall–Kier alpha value is -3.04. The number of sulfonamides is 1. The van der Waals surface area contributed by atoms with E-state index in [0.29, 0.717) is 16.5 Å². The van der Waals surface area contributed by atoms with Crippen LogP contribution >= 0.6 is 11.6 Å². The van der Waals surface area contributed by atoms with Crippen LogP contribution in [0.25, 0.3) is 0 Å². The number of rotatable bonds is 5. The maximum Gasteiger partial charge on any atom is 0.325 e. The molecule has 8 nitrogen and oxygen atoms in total. The standard InChI is InChI=1S/C17H14ClN3O5S/c1-10-15(16(22)20-17(23)19-10)27(24,25)21-12-4-8-14(9-5-12)26-13-6-2-11(18)3-7-13/h2-9,21H,1H3,(H2,19,20,22,23). The van der Waals surface area contributed by atoms with E-state index in [9.17, 15) is 18.0 Å². The maximum atomic E-state index is 12.5. The number of H-pyrrole nitrogens is 2. The second-order valence-electron chi connectivity index (χ2n) is 5.55. The first kappa shape index (κ1) is 18.7. The summed E-state index contributed by atoms with van der Waals surface area (Å²) >= 11 is 5.81. The quantitative estimate of drug-likeness (QED) is 0.600. The number of hydrogen-bond donors (Lipinski definition) is 3. The third-order valence-electron chi connectivity index (χ3n) is 3.50. The van der Waals surface area contributed by atoms with Crippen LogP contribution in [0.15, 0.2) is 63.0 Å². The molecule has 140 valence electrons. The van der Waals surface area contributed by atoms with Crippen molar-refractivity contribution in [2.24, 2.45) is 0 Å². The highest BCUT2D eigenvalue weighted by atomic mass is 35.5. The van der Waals surface area contributed by atoms with Crippen LogP contribution in [0.4, 0.5) is 5.69 Å². The molecule has 1 aromatic heterocycles. The fourth-order valence-electron chi connectivity index (χ4n) is 2.35. The Balaban J connectivity index is 1.81. The fourth-order valence-corrected chi connectivity index (χ4v) is 3.77. The minimum atomic E-state index is -4.19. The fraction of sp³-hybridized carbons (Fsp3) is 0.0588. The van der Waals surface area contributed by atoms with Gasteiger partial charge in [0.2, 0.25) is 0 Å². The zero-order valence-electron chi connectivity index (χ0n) is 13.9. The molecule has 3 N–H and O–H groups in total. The van der Waals surface area contributed by atoms with Gasteiger partial charge in [-0.3, -0.25) is 14.5 Å². The zero-order chi connectivity index (χ0) is 19.6. The van der Waals surface area contributed by atoms with Gasteiger partial charge in [-0.05, 0) is 55.5 Å². The molecule has 0 spiro atoms. The van der Waals surface area contributed by atoms with Gasteiger partial charge in [0.1, 0.15) is 11.5 Å². The maximum absolute atomic E-state index is 12.5. The molecule has 2 aromatic carbocycles. The SMILES string of the molecule is Cc1[nH]c(=O)[nH]c(=O)c1S(=O)(=O)Nc1ccc(Oc2ccc(Cl)cc2)cc1. The number of aryl methyl sites for hydroxylation is 1. The highest BCUT2D eigenvalue weighted by Gasteiger charge is 2.22. The first-order valence-electron chi connectivity index (χ1n) is 7.64. The van der Waals surface area contributed by atoms with Crippen molar-refractivity contribution in [1.29, 1.82) is 0 Å². The van der Waals surface area contributed by atoms with E-state index in [4.69, 9.17) is 16.3 Å². The topological polar surface area (TPSA) is 121 Å². The first-order valence-corrected chi connectivity index (χ1v) is 9.50. The summed E-state index contributed by atoms with van der Waals surface area (Å²) in [5, 5.41) is 0.583. The summed E-state index contributed by atoms with van der Waals surface area (Å²) in [5.41, 5.74) is -1.60. The van der Waals surface area contributed by atoms with Crippen LogP contribution in [0, 0.1) is 6.92 Å². The number of hydrogen-bond acceptors (Lipinski definition) is 5. The Morgan fingerprint density at radius 3 is 2.04 bits per heavy atom. The summed E-state index contributed by atoms with van der Waals surface area (Å²) in [6.45, 7) is 1.33. The summed E-state index contributed by atoms with van der Waals surface area (Å²) in [7, 11) is -4.19. The smallest absolute Gasteiger partial charge is 0.325 e. The molecule has 1 heterocycles. The van der Waals surface area contributed by atoms with Gasteiger partial charge in [0.15, 0.2) is 4.90 Å². The molecule has 10 heteroatoms. The van der Waals surface area contributed by atoms with Crippen molar-refractivity contribution in [3.63, 3.8) is 0 Å². The zero-order valence-corrected chi connectivity index (χ0v) is 15.5. The van der Waals surface area contributed by atoms with E-state index in [1.807, 2.05) is 4.98 Å². The summed E-state index contributed by atoms with van der Waals surface area (Å²) < 4.78 is 32.8. The molecule has 3 aromatic rings. The van der Waals surface area contributed by atoms with Crippen LogP contribution in [0.1, 0.15) is 5.69 Å². The minimum absolute atomic E-state index is 0.0565. The van der Waals surface area contributed by atoms with Gasteiger partial charge < -0.3 is 9.72 Å². The van der Waals surface area contributed by atoms with E-state index >= 15 is 0 Å². The van der Waals surface area contributed by atoms with E-state index < -0.39 is 26.2 Å². The van der Waals surface area contributed by atoms with Gasteiger partial charge >= 0.3 is 5.69 Å². The predicted molar refractivity (Wildman–Crippen MR) is 101 cm³/mol. The first-order chi connectivity index (χ1) is 12.7. The van der Waals surface area contributed by atoms with Crippen LogP contribution in [-0.4, -0.2) is 18.4 Å². The molecule has 0 bridgehead atoms. The number of aromatic nitrogens is 2. The molecular weight excluding hydrogens is 394 g/mol. The van der Waals surface area contributed by atoms with Gasteiger partial charge in [-0.1, -0.05) is 11.6 Å². The molecule has 0 atom stereocenters. The molecule has 0 aliphatic carbocycles. The molecular formula is C17H14ClN3O5S. The highest BCUT2D eigenvalue weighted by molar-refractivity contribution is 7.92. The number of halogens is 1. The monoisotopic (exact) mass is 407 g/mol. The Labute approximate surface area is 158 Å². The Kier molecular flexibility index (Phi) is 5.06. The minimum Gasteiger partial charge on any atom is -0.457 e. The molecule has 0 saturated heterocycles. The van der Waals surface area contributed by atoms with Crippen molar-refractivity contribution in [3.05, 3.63) is 80.1 Å². The van der Waals surface area contributed by atoms with Gasteiger partial charge in [0, 0.05) is 16.4 Å². The number of anilines is 1. The molecule has 0 radical (unpaired) electrons.